The monoisotopic (exact) mass is 775 g/mol. The highest BCUT2D eigenvalue weighted by atomic mass is 16.6. The molecule has 5 aromatic carbocycles. The number of nitrogens with zero attached hydrogens (tertiary/aromatic N) is 3. The lowest BCUT2D eigenvalue weighted by Gasteiger charge is -1.99. The van der Waals surface area contributed by atoms with Crippen molar-refractivity contribution in [3.63, 3.8) is 0 Å². The molecule has 10 N–H and O–H groups in total. The van der Waals surface area contributed by atoms with Crippen molar-refractivity contribution >= 4 is 17.1 Å². The molecule has 0 saturated heterocycles. The van der Waals surface area contributed by atoms with E-state index in [4.69, 9.17) is 51.1 Å². The normalized spacial score (nSPS) is 9.00. The van der Waals surface area contributed by atoms with Gasteiger partial charge in [-0.1, -0.05) is 52.6 Å². The van der Waals surface area contributed by atoms with E-state index in [-0.39, 0.29) is 56.7 Å². The molecule has 300 valence electrons. The summed E-state index contributed by atoms with van der Waals surface area (Å²) >= 11 is 0. The maximum Gasteiger partial charge on any atom is 0.352 e. The summed E-state index contributed by atoms with van der Waals surface area (Å²) in [5.74, 6) is -3.69. The van der Waals surface area contributed by atoms with Crippen molar-refractivity contribution in [2.24, 2.45) is 0 Å². The number of nitro groups is 3. The number of para-hydroxylation sites is 3. The van der Waals surface area contributed by atoms with E-state index in [2.05, 4.69) is 0 Å². The molecule has 0 aliphatic rings. The highest BCUT2D eigenvalue weighted by Gasteiger charge is 2.20. The van der Waals surface area contributed by atoms with Gasteiger partial charge < -0.3 is 51.1 Å². The van der Waals surface area contributed by atoms with Crippen LogP contribution in [0, 0.1) is 51.1 Å². The molecular formula is C36H45N3O16. The van der Waals surface area contributed by atoms with Gasteiger partial charge in [-0.2, -0.15) is 0 Å². The molecule has 5 rings (SSSR count). The second-order valence-electron chi connectivity index (χ2n) is 10.2. The second kappa shape index (κ2) is 23.7. The molecular weight excluding hydrogens is 730 g/mol. The summed E-state index contributed by atoms with van der Waals surface area (Å²) in [7, 11) is 0. The summed E-state index contributed by atoms with van der Waals surface area (Å²) in [5.41, 5.74) is 0.421. The van der Waals surface area contributed by atoms with E-state index >= 15 is 0 Å². The Bertz CT molecular complexity index is 1970. The van der Waals surface area contributed by atoms with E-state index in [0.717, 1.165) is 17.7 Å². The third-order valence-electron chi connectivity index (χ3n) is 6.06. The molecule has 19 nitrogen and oxygen atoms in total. The standard InChI is InChI=1S/C7H7NO4.C7H7NO3.C7H8O2.C6H5NO5.C6H6O2.3CH4/c1-4-2-5(8(11)12)7(10)6(9)3-4;1-5-3-2-4-6(9)7(5)8(10)11;1-5-2-3-6(8)7(9)4-5;8-3-1-4(9)6(7(11)12)5(10)2-3;7-5-3-1-2-4-6(5)8;;;/h2-3,9-10H,1H3;2-4,9H,1H3;2-4,8-9H,1H3;1-2,8-10H;1-4,7-8H;3*1H4. The van der Waals surface area contributed by atoms with Crippen molar-refractivity contribution in [1.82, 2.24) is 0 Å². The van der Waals surface area contributed by atoms with Crippen molar-refractivity contribution in [2.75, 3.05) is 0 Å². The molecule has 0 fully saturated rings. The molecule has 0 atom stereocenters. The average molecular weight is 776 g/mol. The minimum Gasteiger partial charge on any atom is -0.508 e. The molecule has 0 aromatic heterocycles. The number of aromatic hydroxyl groups is 10. The fourth-order valence-electron chi connectivity index (χ4n) is 3.64. The zero-order valence-electron chi connectivity index (χ0n) is 27.3. The lowest BCUT2D eigenvalue weighted by molar-refractivity contribution is -0.386. The molecule has 0 spiro atoms. The first-order valence-electron chi connectivity index (χ1n) is 14.1. The summed E-state index contributed by atoms with van der Waals surface area (Å²) < 4.78 is 0. The van der Waals surface area contributed by atoms with Crippen LogP contribution in [-0.4, -0.2) is 65.8 Å². The molecule has 5 aromatic rings. The molecule has 0 aliphatic heterocycles. The number of hydrogen-bond donors (Lipinski definition) is 10. The Morgan fingerprint density at radius 1 is 0.418 bits per heavy atom. The van der Waals surface area contributed by atoms with Gasteiger partial charge in [0, 0.05) is 23.8 Å². The number of aryl methyl sites for hydroxylation is 3. The Balaban J connectivity index is -0.000000610. The molecule has 0 unspecified atom stereocenters. The van der Waals surface area contributed by atoms with E-state index in [9.17, 15) is 30.3 Å². The van der Waals surface area contributed by atoms with Gasteiger partial charge in [0.2, 0.25) is 17.2 Å². The quantitative estimate of drug-likeness (QED) is 0.0470. The molecule has 55 heavy (non-hydrogen) atoms. The van der Waals surface area contributed by atoms with Crippen molar-refractivity contribution in [2.45, 2.75) is 43.1 Å². The van der Waals surface area contributed by atoms with Gasteiger partial charge in [0.15, 0.2) is 34.5 Å². The van der Waals surface area contributed by atoms with E-state index in [1.807, 2.05) is 6.92 Å². The van der Waals surface area contributed by atoms with Crippen molar-refractivity contribution in [1.29, 1.82) is 0 Å². The van der Waals surface area contributed by atoms with Gasteiger partial charge in [-0.05, 0) is 68.3 Å². The lowest BCUT2D eigenvalue weighted by Crippen LogP contribution is -1.91. The van der Waals surface area contributed by atoms with Gasteiger partial charge >= 0.3 is 17.1 Å². The Morgan fingerprint density at radius 3 is 1.22 bits per heavy atom. The maximum absolute atomic E-state index is 10.3. The van der Waals surface area contributed by atoms with Crippen LogP contribution in [0.1, 0.15) is 39.0 Å². The van der Waals surface area contributed by atoms with Crippen LogP contribution in [-0.2, 0) is 0 Å². The number of phenols is 10. The fourth-order valence-corrected chi connectivity index (χ4v) is 3.64. The molecule has 0 saturated carbocycles. The van der Waals surface area contributed by atoms with Gasteiger partial charge in [-0.25, -0.2) is 0 Å². The first kappa shape index (κ1) is 51.7. The minimum absolute atomic E-state index is 0. The first-order valence-corrected chi connectivity index (χ1v) is 14.1. The number of phenolic OH excluding ortho intramolecular Hbond substituents is 10. The highest BCUT2D eigenvalue weighted by molar-refractivity contribution is 5.59. The van der Waals surface area contributed by atoms with Gasteiger partial charge in [-0.3, -0.25) is 30.3 Å². The van der Waals surface area contributed by atoms with Crippen LogP contribution in [0.15, 0.2) is 84.9 Å². The summed E-state index contributed by atoms with van der Waals surface area (Å²) in [5, 5.41) is 119. The third kappa shape index (κ3) is 16.5. The predicted molar refractivity (Wildman–Crippen MR) is 203 cm³/mol. The Labute approximate surface area is 315 Å². The molecule has 0 heterocycles. The average Bonchev–Trinajstić information content (AvgIpc) is 3.02. The van der Waals surface area contributed by atoms with Crippen LogP contribution in [0.3, 0.4) is 0 Å². The zero-order valence-corrected chi connectivity index (χ0v) is 27.3. The number of hydrogen-bond acceptors (Lipinski definition) is 16. The first-order chi connectivity index (χ1) is 24.2. The lowest BCUT2D eigenvalue weighted by atomic mass is 10.2. The number of benzene rings is 5. The Hall–Kier alpha value is -7.70. The summed E-state index contributed by atoms with van der Waals surface area (Å²) in [4.78, 5) is 28.4. The summed E-state index contributed by atoms with van der Waals surface area (Å²) in [6, 6.07) is 19.3. The van der Waals surface area contributed by atoms with E-state index in [0.29, 0.717) is 11.1 Å². The van der Waals surface area contributed by atoms with Gasteiger partial charge in [-0.15, -0.1) is 0 Å². The van der Waals surface area contributed by atoms with Crippen molar-refractivity contribution in [3.05, 3.63) is 132 Å². The fraction of sp³-hybridized carbons (Fsp3) is 0.167. The molecule has 0 bridgehead atoms. The van der Waals surface area contributed by atoms with Gasteiger partial charge in [0.25, 0.3) is 0 Å². The topological polar surface area (TPSA) is 332 Å². The van der Waals surface area contributed by atoms with Crippen LogP contribution in [0.2, 0.25) is 0 Å². The van der Waals surface area contributed by atoms with Crippen LogP contribution >= 0.6 is 0 Å². The molecule has 0 amide bonds. The van der Waals surface area contributed by atoms with Crippen LogP contribution in [0.4, 0.5) is 17.1 Å². The van der Waals surface area contributed by atoms with E-state index in [1.54, 1.807) is 44.2 Å². The number of rotatable bonds is 3. The molecule has 0 aliphatic carbocycles. The number of nitro benzene ring substituents is 3. The minimum atomic E-state index is -0.940. The van der Waals surface area contributed by atoms with Crippen molar-refractivity contribution in [3.8, 4) is 57.5 Å². The highest BCUT2D eigenvalue weighted by Crippen LogP contribution is 2.38. The van der Waals surface area contributed by atoms with Gasteiger partial charge in [0.05, 0.1) is 14.8 Å². The third-order valence-corrected chi connectivity index (χ3v) is 6.06. The van der Waals surface area contributed by atoms with E-state index in [1.165, 1.54) is 42.5 Å². The Morgan fingerprint density at radius 2 is 0.855 bits per heavy atom. The predicted octanol–water partition coefficient (Wildman–Crippen LogP) is 8.05. The second-order valence-corrected chi connectivity index (χ2v) is 10.2. The van der Waals surface area contributed by atoms with Crippen LogP contribution < -0.4 is 0 Å². The molecule has 19 heteroatoms. The van der Waals surface area contributed by atoms with Crippen LogP contribution in [0.25, 0.3) is 0 Å². The maximum atomic E-state index is 10.3. The largest absolute Gasteiger partial charge is 0.508 e. The van der Waals surface area contributed by atoms with E-state index < -0.39 is 54.9 Å². The van der Waals surface area contributed by atoms with Gasteiger partial charge in [0.1, 0.15) is 5.75 Å². The molecule has 0 radical (unpaired) electrons. The SMILES string of the molecule is C.C.C.Cc1cc(O)c(O)c([N+](=O)[O-])c1.Cc1ccc(O)c(O)c1.Cc1cccc(O)c1[N+](=O)[O-].O=[N+]([O-])c1c(O)cc(O)cc1O.Oc1ccccc1O. The summed E-state index contributed by atoms with van der Waals surface area (Å²) in [6.07, 6.45) is 0. The summed E-state index contributed by atoms with van der Waals surface area (Å²) in [6.45, 7) is 5.02. The smallest absolute Gasteiger partial charge is 0.352 e. The van der Waals surface area contributed by atoms with Crippen molar-refractivity contribution < 1.29 is 65.8 Å². The zero-order chi connectivity index (χ0) is 39.9. The van der Waals surface area contributed by atoms with Crippen LogP contribution in [0.5, 0.6) is 57.5 Å². The Kier molecular flexibility index (Phi) is 22.3.